The molecule has 0 bridgehead atoms. The monoisotopic (exact) mass is 307 g/mol. The van der Waals surface area contributed by atoms with Gasteiger partial charge in [-0.15, -0.1) is 11.8 Å². The number of hydrogen-bond donors (Lipinski definition) is 2. The molecule has 4 nitrogen and oxygen atoms in total. The first-order valence-electron chi connectivity index (χ1n) is 7.24. The Kier molecular flexibility index (Phi) is 5.28. The zero-order chi connectivity index (χ0) is 15.3. The number of hydrogen-bond acceptors (Lipinski definition) is 3. The number of thioether (sulfide) groups is 1. The fourth-order valence-electron chi connectivity index (χ4n) is 2.94. The molecule has 0 aromatic heterocycles. The van der Waals surface area contributed by atoms with Crippen LogP contribution in [0.25, 0.3) is 0 Å². The fraction of sp³-hybridized carbons (Fsp3) is 0.500. The molecule has 0 heterocycles. The fourth-order valence-corrected chi connectivity index (χ4v) is 3.50. The summed E-state index contributed by atoms with van der Waals surface area (Å²) in [5.41, 5.74) is -0.122. The van der Waals surface area contributed by atoms with Crippen LogP contribution in [0.4, 0.5) is 5.69 Å². The minimum Gasteiger partial charge on any atom is -0.481 e. The first-order valence-corrected chi connectivity index (χ1v) is 8.46. The van der Waals surface area contributed by atoms with Gasteiger partial charge in [0.1, 0.15) is 0 Å². The molecule has 0 spiro atoms. The minimum absolute atomic E-state index is 0.0606. The first kappa shape index (κ1) is 15.9. The Balaban J connectivity index is 2.07. The van der Waals surface area contributed by atoms with Crippen LogP contribution < -0.4 is 5.32 Å². The third-order valence-electron chi connectivity index (χ3n) is 4.14. The van der Waals surface area contributed by atoms with Crippen molar-refractivity contribution in [2.75, 3.05) is 11.6 Å². The van der Waals surface area contributed by atoms with Crippen LogP contribution in [0.3, 0.4) is 0 Å². The summed E-state index contributed by atoms with van der Waals surface area (Å²) < 4.78 is 0. The summed E-state index contributed by atoms with van der Waals surface area (Å²) in [6.07, 6.45) is 6.05. The summed E-state index contributed by atoms with van der Waals surface area (Å²) in [4.78, 5) is 24.9. The van der Waals surface area contributed by atoms with Gasteiger partial charge in [-0.1, -0.05) is 31.4 Å². The number of aliphatic carboxylic acids is 1. The van der Waals surface area contributed by atoms with E-state index in [0.29, 0.717) is 12.8 Å². The third-order valence-corrected chi connectivity index (χ3v) is 4.94. The van der Waals surface area contributed by atoms with Crippen LogP contribution in [0.5, 0.6) is 0 Å². The summed E-state index contributed by atoms with van der Waals surface area (Å²) in [5.74, 6) is -1.05. The molecular weight excluding hydrogens is 286 g/mol. The highest BCUT2D eigenvalue weighted by Crippen LogP contribution is 2.40. The predicted molar refractivity (Wildman–Crippen MR) is 84.6 cm³/mol. The van der Waals surface area contributed by atoms with E-state index in [-0.39, 0.29) is 12.3 Å². The molecule has 1 fully saturated rings. The summed E-state index contributed by atoms with van der Waals surface area (Å²) in [6.45, 7) is 0. The van der Waals surface area contributed by atoms with Gasteiger partial charge in [0.2, 0.25) is 5.91 Å². The molecule has 0 saturated heterocycles. The molecule has 2 N–H and O–H groups in total. The van der Waals surface area contributed by atoms with Crippen molar-refractivity contribution in [2.45, 2.75) is 43.4 Å². The van der Waals surface area contributed by atoms with Crippen LogP contribution in [0.2, 0.25) is 0 Å². The van der Waals surface area contributed by atoms with Gasteiger partial charge in [-0.2, -0.15) is 0 Å². The third kappa shape index (κ3) is 3.79. The van der Waals surface area contributed by atoms with Crippen molar-refractivity contribution in [1.29, 1.82) is 0 Å². The van der Waals surface area contributed by atoms with E-state index in [1.165, 1.54) is 0 Å². The van der Waals surface area contributed by atoms with Gasteiger partial charge in [0, 0.05) is 11.3 Å². The highest BCUT2D eigenvalue weighted by Gasteiger charge is 2.41. The molecule has 1 aromatic carbocycles. The van der Waals surface area contributed by atoms with Crippen LogP contribution in [-0.2, 0) is 9.59 Å². The Labute approximate surface area is 129 Å². The van der Waals surface area contributed by atoms with Crippen molar-refractivity contribution >= 4 is 29.3 Å². The lowest BCUT2D eigenvalue weighted by atomic mass is 9.71. The van der Waals surface area contributed by atoms with E-state index < -0.39 is 11.4 Å². The lowest BCUT2D eigenvalue weighted by Gasteiger charge is -2.32. The number of amides is 1. The Morgan fingerprint density at radius 3 is 2.52 bits per heavy atom. The quantitative estimate of drug-likeness (QED) is 0.813. The molecule has 1 amide bonds. The van der Waals surface area contributed by atoms with Gasteiger partial charge < -0.3 is 10.4 Å². The number of anilines is 1. The maximum Gasteiger partial charge on any atom is 0.310 e. The van der Waals surface area contributed by atoms with E-state index in [0.717, 1.165) is 29.8 Å². The van der Waals surface area contributed by atoms with E-state index in [1.807, 2.05) is 30.5 Å². The highest BCUT2D eigenvalue weighted by atomic mass is 32.2. The normalized spacial score (nSPS) is 17.2. The average Bonchev–Trinajstić information content (AvgIpc) is 2.48. The zero-order valence-electron chi connectivity index (χ0n) is 12.2. The number of carbonyl (C=O) groups excluding carboxylic acids is 1. The van der Waals surface area contributed by atoms with Gasteiger partial charge in [-0.3, -0.25) is 9.59 Å². The van der Waals surface area contributed by atoms with Crippen molar-refractivity contribution < 1.29 is 14.7 Å². The Morgan fingerprint density at radius 2 is 1.90 bits per heavy atom. The topological polar surface area (TPSA) is 66.4 Å². The smallest absolute Gasteiger partial charge is 0.310 e. The second kappa shape index (κ2) is 6.98. The van der Waals surface area contributed by atoms with E-state index in [9.17, 15) is 14.7 Å². The van der Waals surface area contributed by atoms with Crippen LogP contribution in [-0.4, -0.2) is 23.2 Å². The molecule has 0 radical (unpaired) electrons. The van der Waals surface area contributed by atoms with Crippen molar-refractivity contribution in [2.24, 2.45) is 5.41 Å². The predicted octanol–water partition coefficient (Wildman–Crippen LogP) is 3.77. The van der Waals surface area contributed by atoms with E-state index in [4.69, 9.17) is 0 Å². The summed E-state index contributed by atoms with van der Waals surface area (Å²) in [7, 11) is 0. The number of carboxylic acid groups (broad SMARTS) is 1. The van der Waals surface area contributed by atoms with Gasteiger partial charge in [0.25, 0.3) is 0 Å². The molecule has 1 aromatic rings. The molecule has 1 aliphatic carbocycles. The number of carbonyl (C=O) groups is 2. The van der Waals surface area contributed by atoms with Crippen LogP contribution in [0, 0.1) is 5.41 Å². The molecule has 5 heteroatoms. The van der Waals surface area contributed by atoms with Crippen LogP contribution >= 0.6 is 11.8 Å². The Morgan fingerprint density at radius 1 is 1.24 bits per heavy atom. The van der Waals surface area contributed by atoms with E-state index in [1.54, 1.807) is 11.8 Å². The number of para-hydroxylation sites is 1. The van der Waals surface area contributed by atoms with Gasteiger partial charge in [-0.25, -0.2) is 0 Å². The molecule has 0 aliphatic heterocycles. The summed E-state index contributed by atoms with van der Waals surface area (Å²) in [6, 6.07) is 7.57. The number of rotatable bonds is 5. The summed E-state index contributed by atoms with van der Waals surface area (Å²) >= 11 is 1.56. The SMILES string of the molecule is CSc1ccccc1NC(=O)CC1(C(=O)O)CCCCC1. The lowest BCUT2D eigenvalue weighted by Crippen LogP contribution is -2.37. The van der Waals surface area contributed by atoms with Gasteiger partial charge in [0.05, 0.1) is 11.1 Å². The van der Waals surface area contributed by atoms with Crippen molar-refractivity contribution in [3.63, 3.8) is 0 Å². The number of nitrogens with one attached hydrogen (secondary N) is 1. The Bertz CT molecular complexity index is 524. The molecule has 2 rings (SSSR count). The van der Waals surface area contributed by atoms with Gasteiger partial charge in [-0.05, 0) is 31.2 Å². The van der Waals surface area contributed by atoms with Crippen LogP contribution in [0.15, 0.2) is 29.2 Å². The zero-order valence-corrected chi connectivity index (χ0v) is 13.0. The van der Waals surface area contributed by atoms with E-state index >= 15 is 0 Å². The van der Waals surface area contributed by atoms with Crippen molar-refractivity contribution in [1.82, 2.24) is 0 Å². The highest BCUT2D eigenvalue weighted by molar-refractivity contribution is 7.98. The largest absolute Gasteiger partial charge is 0.481 e. The van der Waals surface area contributed by atoms with Gasteiger partial charge in [0.15, 0.2) is 0 Å². The second-order valence-corrected chi connectivity index (χ2v) is 6.42. The summed E-state index contributed by atoms with van der Waals surface area (Å²) in [5, 5.41) is 12.4. The minimum atomic E-state index is -0.878. The maximum atomic E-state index is 12.3. The average molecular weight is 307 g/mol. The molecule has 0 unspecified atom stereocenters. The van der Waals surface area contributed by atoms with Crippen molar-refractivity contribution in [3.8, 4) is 0 Å². The molecule has 1 aliphatic rings. The van der Waals surface area contributed by atoms with Crippen molar-refractivity contribution in [3.05, 3.63) is 24.3 Å². The first-order chi connectivity index (χ1) is 10.1. The molecular formula is C16H21NO3S. The number of benzene rings is 1. The molecule has 114 valence electrons. The lowest BCUT2D eigenvalue weighted by molar-refractivity contribution is -0.153. The second-order valence-electron chi connectivity index (χ2n) is 5.57. The Hall–Kier alpha value is -1.49. The molecule has 0 atom stereocenters. The number of carboxylic acids is 1. The molecule has 21 heavy (non-hydrogen) atoms. The van der Waals surface area contributed by atoms with Gasteiger partial charge >= 0.3 is 5.97 Å². The van der Waals surface area contributed by atoms with E-state index in [2.05, 4.69) is 5.32 Å². The van der Waals surface area contributed by atoms with Crippen LogP contribution in [0.1, 0.15) is 38.5 Å². The maximum absolute atomic E-state index is 12.3. The molecule has 1 saturated carbocycles. The standard InChI is InChI=1S/C16H21NO3S/c1-21-13-8-4-3-7-12(13)17-14(18)11-16(15(19)20)9-5-2-6-10-16/h3-4,7-8H,2,5-6,9-11H2,1H3,(H,17,18)(H,19,20).